The zero-order valence-electron chi connectivity index (χ0n) is 14.0. The number of nitrogens with one attached hydrogen (secondary N) is 1. The minimum atomic E-state index is -4.49. The summed E-state index contributed by atoms with van der Waals surface area (Å²) in [6.45, 7) is 1.59. The molecule has 0 saturated carbocycles. The van der Waals surface area contributed by atoms with Gasteiger partial charge < -0.3 is 15.8 Å². The number of benzene rings is 2. The molecule has 0 aliphatic rings. The van der Waals surface area contributed by atoms with E-state index in [9.17, 15) is 18.0 Å². The largest absolute Gasteiger partial charge is 0.491 e. The molecule has 26 heavy (non-hydrogen) atoms. The molecule has 2 aromatic rings. The summed E-state index contributed by atoms with van der Waals surface area (Å²) in [5, 5.41) is 2.69. The second-order valence-corrected chi connectivity index (χ2v) is 5.69. The van der Waals surface area contributed by atoms with Crippen LogP contribution in [0.3, 0.4) is 0 Å². The molecular weight excluding hydrogens is 369 g/mol. The Bertz CT molecular complexity index is 721. The van der Waals surface area contributed by atoms with Crippen molar-refractivity contribution in [3.8, 4) is 5.75 Å². The fourth-order valence-corrected chi connectivity index (χ4v) is 2.23. The third kappa shape index (κ3) is 6.48. The maximum atomic E-state index is 12.9. The number of carbonyl (C=O) groups excluding carboxylic acids is 1. The number of carbonyl (C=O) groups is 1. The first-order chi connectivity index (χ1) is 11.8. The normalized spacial score (nSPS) is 12.0. The van der Waals surface area contributed by atoms with Crippen molar-refractivity contribution < 1.29 is 22.7 Å². The van der Waals surface area contributed by atoms with Gasteiger partial charge in [0.15, 0.2) is 0 Å². The highest BCUT2D eigenvalue weighted by Crippen LogP contribution is 2.35. The number of rotatable bonds is 6. The smallest absolute Gasteiger partial charge is 0.419 e. The van der Waals surface area contributed by atoms with E-state index in [0.717, 1.165) is 11.6 Å². The summed E-state index contributed by atoms with van der Waals surface area (Å²) in [5.74, 6) is -0.500. The topological polar surface area (TPSA) is 64.3 Å². The van der Waals surface area contributed by atoms with Crippen LogP contribution in [0.5, 0.6) is 5.75 Å². The second kappa shape index (κ2) is 9.33. The highest BCUT2D eigenvalue weighted by molar-refractivity contribution is 5.85. The van der Waals surface area contributed by atoms with E-state index in [1.807, 2.05) is 0 Å². The Morgan fingerprint density at radius 1 is 1.15 bits per heavy atom. The van der Waals surface area contributed by atoms with E-state index in [-0.39, 0.29) is 37.1 Å². The third-order valence-corrected chi connectivity index (χ3v) is 3.43. The summed E-state index contributed by atoms with van der Waals surface area (Å²) in [5.41, 5.74) is 6.14. The van der Waals surface area contributed by atoms with Crippen LogP contribution in [0, 0.1) is 0 Å². The van der Waals surface area contributed by atoms with Crippen molar-refractivity contribution >= 4 is 24.0 Å². The Morgan fingerprint density at radius 3 is 2.38 bits per heavy atom. The van der Waals surface area contributed by atoms with Crippen molar-refractivity contribution in [3.63, 3.8) is 0 Å². The zero-order valence-corrected chi connectivity index (χ0v) is 14.9. The lowest BCUT2D eigenvalue weighted by Gasteiger charge is -2.18. The van der Waals surface area contributed by atoms with Gasteiger partial charge in [-0.05, 0) is 36.8 Å². The number of para-hydroxylation sites is 1. The van der Waals surface area contributed by atoms with Crippen molar-refractivity contribution in [3.05, 3.63) is 59.7 Å². The van der Waals surface area contributed by atoms with Gasteiger partial charge in [-0.3, -0.25) is 4.79 Å². The average molecular weight is 389 g/mol. The highest BCUT2D eigenvalue weighted by Gasteiger charge is 2.34. The molecule has 0 aliphatic heterocycles. The summed E-state index contributed by atoms with van der Waals surface area (Å²) >= 11 is 0. The number of nitrogens with two attached hydrogens (primary N) is 1. The Morgan fingerprint density at radius 2 is 1.77 bits per heavy atom. The summed E-state index contributed by atoms with van der Waals surface area (Å²) in [6, 6.07) is 11.4. The van der Waals surface area contributed by atoms with Crippen LogP contribution in [0.2, 0.25) is 0 Å². The van der Waals surface area contributed by atoms with Crippen LogP contribution in [0.4, 0.5) is 18.9 Å². The maximum absolute atomic E-state index is 12.9. The molecule has 3 N–H and O–H groups in total. The van der Waals surface area contributed by atoms with Crippen LogP contribution >= 0.6 is 12.4 Å². The number of amides is 1. The van der Waals surface area contributed by atoms with E-state index in [1.54, 1.807) is 31.2 Å². The number of halogens is 4. The van der Waals surface area contributed by atoms with Crippen LogP contribution < -0.4 is 15.8 Å². The minimum Gasteiger partial charge on any atom is -0.491 e. The SMILES string of the molecule is CC(COc1ccccc1C(F)(F)F)NC(=O)Cc1ccc(N)cc1.Cl. The van der Waals surface area contributed by atoms with E-state index in [2.05, 4.69) is 5.32 Å². The van der Waals surface area contributed by atoms with Gasteiger partial charge in [0.25, 0.3) is 0 Å². The molecule has 0 heterocycles. The molecule has 2 rings (SSSR count). The lowest BCUT2D eigenvalue weighted by molar-refractivity contribution is -0.139. The number of ether oxygens (including phenoxy) is 1. The molecule has 1 amide bonds. The minimum absolute atomic E-state index is 0. The van der Waals surface area contributed by atoms with Gasteiger partial charge in [-0.15, -0.1) is 12.4 Å². The Balaban J connectivity index is 0.00000338. The van der Waals surface area contributed by atoms with Crippen LogP contribution in [-0.4, -0.2) is 18.6 Å². The van der Waals surface area contributed by atoms with Crippen LogP contribution in [0.1, 0.15) is 18.1 Å². The van der Waals surface area contributed by atoms with Gasteiger partial charge in [0, 0.05) is 5.69 Å². The lowest BCUT2D eigenvalue weighted by atomic mass is 10.1. The second-order valence-electron chi connectivity index (χ2n) is 5.69. The standard InChI is InChI=1S/C18H19F3N2O2.ClH/c1-12(23-17(24)10-13-6-8-14(22)9-7-13)11-25-16-5-3-2-4-15(16)18(19,20)21;/h2-9,12H,10-11,22H2,1H3,(H,23,24);1H. The average Bonchev–Trinajstić information content (AvgIpc) is 2.54. The van der Waals surface area contributed by atoms with Crippen molar-refractivity contribution in [1.82, 2.24) is 5.32 Å². The third-order valence-electron chi connectivity index (χ3n) is 3.43. The van der Waals surface area contributed by atoms with Gasteiger partial charge >= 0.3 is 6.18 Å². The highest BCUT2D eigenvalue weighted by atomic mass is 35.5. The zero-order chi connectivity index (χ0) is 18.4. The van der Waals surface area contributed by atoms with E-state index >= 15 is 0 Å². The number of anilines is 1. The van der Waals surface area contributed by atoms with Crippen LogP contribution in [0.25, 0.3) is 0 Å². The number of alkyl halides is 3. The molecule has 2 aromatic carbocycles. The Hall–Kier alpha value is -2.41. The van der Waals surface area contributed by atoms with Gasteiger partial charge in [0.1, 0.15) is 12.4 Å². The number of nitrogen functional groups attached to an aromatic ring is 1. The van der Waals surface area contributed by atoms with Crippen LogP contribution in [-0.2, 0) is 17.4 Å². The molecule has 142 valence electrons. The Labute approximate surface area is 155 Å². The van der Waals surface area contributed by atoms with E-state index < -0.39 is 17.8 Å². The molecule has 1 unspecified atom stereocenters. The van der Waals surface area contributed by atoms with Crippen molar-refractivity contribution in [1.29, 1.82) is 0 Å². The van der Waals surface area contributed by atoms with Gasteiger partial charge in [-0.2, -0.15) is 13.2 Å². The molecule has 1 atom stereocenters. The fraction of sp³-hybridized carbons (Fsp3) is 0.278. The van der Waals surface area contributed by atoms with E-state index in [4.69, 9.17) is 10.5 Å². The molecule has 8 heteroatoms. The molecule has 0 radical (unpaired) electrons. The summed E-state index contributed by atoms with van der Waals surface area (Å²) < 4.78 is 43.9. The molecule has 0 bridgehead atoms. The summed E-state index contributed by atoms with van der Waals surface area (Å²) in [6.07, 6.45) is -4.33. The van der Waals surface area contributed by atoms with E-state index in [1.165, 1.54) is 18.2 Å². The first-order valence-corrected chi connectivity index (χ1v) is 7.68. The molecule has 0 fully saturated rings. The number of hydrogen-bond donors (Lipinski definition) is 2. The Kier molecular flexibility index (Phi) is 7.76. The maximum Gasteiger partial charge on any atom is 0.419 e. The number of hydrogen-bond acceptors (Lipinski definition) is 3. The summed E-state index contributed by atoms with van der Waals surface area (Å²) in [4.78, 5) is 12.0. The molecule has 4 nitrogen and oxygen atoms in total. The van der Waals surface area contributed by atoms with Gasteiger partial charge in [-0.1, -0.05) is 24.3 Å². The van der Waals surface area contributed by atoms with Crippen molar-refractivity contribution in [2.24, 2.45) is 0 Å². The predicted octanol–water partition coefficient (Wildman–Crippen LogP) is 3.84. The predicted molar refractivity (Wildman–Crippen MR) is 96.4 cm³/mol. The fourth-order valence-electron chi connectivity index (χ4n) is 2.23. The monoisotopic (exact) mass is 388 g/mol. The van der Waals surface area contributed by atoms with Gasteiger partial charge in [-0.25, -0.2) is 0 Å². The molecule has 0 aliphatic carbocycles. The summed E-state index contributed by atoms with van der Waals surface area (Å²) in [7, 11) is 0. The van der Waals surface area contributed by atoms with Gasteiger partial charge in [0.2, 0.25) is 5.91 Å². The molecular formula is C18H20ClF3N2O2. The van der Waals surface area contributed by atoms with Crippen molar-refractivity contribution in [2.45, 2.75) is 25.6 Å². The molecule has 0 aromatic heterocycles. The van der Waals surface area contributed by atoms with Gasteiger partial charge in [0.05, 0.1) is 18.0 Å². The first kappa shape index (κ1) is 21.6. The van der Waals surface area contributed by atoms with Crippen LogP contribution in [0.15, 0.2) is 48.5 Å². The molecule has 0 spiro atoms. The lowest BCUT2D eigenvalue weighted by Crippen LogP contribution is -2.37. The van der Waals surface area contributed by atoms with Crippen molar-refractivity contribution in [2.75, 3.05) is 12.3 Å². The first-order valence-electron chi connectivity index (χ1n) is 7.68. The van der Waals surface area contributed by atoms with E-state index in [0.29, 0.717) is 5.69 Å². The quantitative estimate of drug-likeness (QED) is 0.739. The molecule has 0 saturated heterocycles.